The first-order valence-electron chi connectivity index (χ1n) is 7.99. The number of nitrogens with one attached hydrogen (secondary N) is 2. The van der Waals surface area contributed by atoms with Crippen molar-refractivity contribution in [2.24, 2.45) is 4.99 Å². The Morgan fingerprint density at radius 2 is 2.10 bits per heavy atom. The molecule has 0 aliphatic carbocycles. The Morgan fingerprint density at radius 3 is 2.71 bits per heavy atom. The molecule has 2 atom stereocenters. The van der Waals surface area contributed by atoms with Crippen LogP contribution in [0, 0.1) is 0 Å². The Bertz CT molecular complexity index is 314. The molecular formula is C15H30IN3O2. The fraction of sp³-hybridized carbons (Fsp3) is 0.933. The summed E-state index contributed by atoms with van der Waals surface area (Å²) < 4.78 is 11.5. The summed E-state index contributed by atoms with van der Waals surface area (Å²) >= 11 is 0. The normalized spacial score (nSPS) is 29.8. The average molecular weight is 411 g/mol. The summed E-state index contributed by atoms with van der Waals surface area (Å²) in [6, 6.07) is 0. The lowest BCUT2D eigenvalue weighted by Gasteiger charge is -2.25. The summed E-state index contributed by atoms with van der Waals surface area (Å²) in [4.78, 5) is 4.67. The third-order valence-electron chi connectivity index (χ3n) is 3.99. The van der Waals surface area contributed by atoms with Crippen molar-refractivity contribution in [3.8, 4) is 0 Å². The molecular weight excluding hydrogens is 381 g/mol. The predicted molar refractivity (Wildman–Crippen MR) is 96.6 cm³/mol. The third-order valence-corrected chi connectivity index (χ3v) is 3.99. The standard InChI is InChI=1S/C15H29N3O2.HI/c1-3-16-14(17-11-13-7-4-5-9-19-13)18-12-15(2)8-6-10-20-15;/h13H,3-12H2,1-2H3,(H2,16,17,18);1H. The monoisotopic (exact) mass is 411 g/mol. The van der Waals surface area contributed by atoms with Crippen LogP contribution in [0.25, 0.3) is 0 Å². The van der Waals surface area contributed by atoms with E-state index >= 15 is 0 Å². The van der Waals surface area contributed by atoms with Gasteiger partial charge in [-0.2, -0.15) is 0 Å². The minimum atomic E-state index is -0.0797. The van der Waals surface area contributed by atoms with Gasteiger partial charge in [-0.3, -0.25) is 4.99 Å². The van der Waals surface area contributed by atoms with E-state index < -0.39 is 0 Å². The average Bonchev–Trinajstić information content (AvgIpc) is 2.90. The Kier molecular flexibility index (Phi) is 8.89. The third kappa shape index (κ3) is 6.69. The lowest BCUT2D eigenvalue weighted by molar-refractivity contribution is 0.0192. The fourth-order valence-corrected chi connectivity index (χ4v) is 2.73. The highest BCUT2D eigenvalue weighted by atomic mass is 127. The molecule has 124 valence electrons. The molecule has 21 heavy (non-hydrogen) atoms. The zero-order valence-electron chi connectivity index (χ0n) is 13.3. The van der Waals surface area contributed by atoms with Gasteiger partial charge >= 0.3 is 0 Å². The summed E-state index contributed by atoms with van der Waals surface area (Å²) in [5.41, 5.74) is -0.0797. The largest absolute Gasteiger partial charge is 0.376 e. The maximum Gasteiger partial charge on any atom is 0.191 e. The van der Waals surface area contributed by atoms with Gasteiger partial charge in [0.25, 0.3) is 0 Å². The summed E-state index contributed by atoms with van der Waals surface area (Å²) in [5, 5.41) is 6.68. The number of nitrogens with zero attached hydrogens (tertiary/aromatic N) is 1. The van der Waals surface area contributed by atoms with Crippen molar-refractivity contribution in [1.29, 1.82) is 0 Å². The van der Waals surface area contributed by atoms with E-state index in [2.05, 4.69) is 29.5 Å². The minimum Gasteiger partial charge on any atom is -0.376 e. The minimum absolute atomic E-state index is 0. The molecule has 0 aromatic rings. The van der Waals surface area contributed by atoms with Crippen LogP contribution in [0.15, 0.2) is 4.99 Å². The number of aliphatic imine (C=N–C) groups is 1. The number of hydrogen-bond acceptors (Lipinski definition) is 3. The Morgan fingerprint density at radius 1 is 1.24 bits per heavy atom. The van der Waals surface area contributed by atoms with Crippen LogP contribution in [0.4, 0.5) is 0 Å². The second kappa shape index (κ2) is 9.84. The van der Waals surface area contributed by atoms with Crippen LogP contribution in [-0.4, -0.2) is 50.5 Å². The highest BCUT2D eigenvalue weighted by Crippen LogP contribution is 2.24. The van der Waals surface area contributed by atoms with Gasteiger partial charge in [-0.1, -0.05) is 0 Å². The van der Waals surface area contributed by atoms with Crippen molar-refractivity contribution < 1.29 is 9.47 Å². The first-order chi connectivity index (χ1) is 9.72. The molecule has 0 saturated carbocycles. The molecule has 6 heteroatoms. The van der Waals surface area contributed by atoms with Crippen LogP contribution < -0.4 is 10.6 Å². The molecule has 0 radical (unpaired) electrons. The van der Waals surface area contributed by atoms with Gasteiger partial charge in [0, 0.05) is 26.3 Å². The molecule has 0 aromatic carbocycles. The Hall–Kier alpha value is -0.0800. The van der Waals surface area contributed by atoms with E-state index in [-0.39, 0.29) is 29.6 Å². The SMILES string of the molecule is CCNC(=NCC1(C)CCCO1)NCC1CCCCO1.I. The number of hydrogen-bond donors (Lipinski definition) is 2. The van der Waals surface area contributed by atoms with Crippen molar-refractivity contribution in [3.05, 3.63) is 0 Å². The summed E-state index contributed by atoms with van der Waals surface area (Å²) in [6.45, 7) is 8.42. The fourth-order valence-electron chi connectivity index (χ4n) is 2.73. The summed E-state index contributed by atoms with van der Waals surface area (Å²) in [5.74, 6) is 0.874. The van der Waals surface area contributed by atoms with Gasteiger partial charge in [0.05, 0.1) is 18.2 Å². The number of ether oxygens (including phenoxy) is 2. The van der Waals surface area contributed by atoms with E-state index in [4.69, 9.17) is 9.47 Å². The van der Waals surface area contributed by atoms with E-state index in [1.54, 1.807) is 0 Å². The first kappa shape index (κ1) is 19.0. The van der Waals surface area contributed by atoms with E-state index in [9.17, 15) is 0 Å². The lowest BCUT2D eigenvalue weighted by atomic mass is 10.0. The zero-order valence-corrected chi connectivity index (χ0v) is 15.7. The maximum absolute atomic E-state index is 5.78. The molecule has 2 rings (SSSR count). The summed E-state index contributed by atoms with van der Waals surface area (Å²) in [6.07, 6.45) is 6.18. The van der Waals surface area contributed by atoms with Crippen molar-refractivity contribution in [3.63, 3.8) is 0 Å². The van der Waals surface area contributed by atoms with Gasteiger partial charge in [-0.05, 0) is 46.0 Å². The highest BCUT2D eigenvalue weighted by Gasteiger charge is 2.29. The quantitative estimate of drug-likeness (QED) is 0.414. The molecule has 2 heterocycles. The molecule has 0 amide bonds. The van der Waals surface area contributed by atoms with Crippen LogP contribution >= 0.6 is 24.0 Å². The van der Waals surface area contributed by atoms with Gasteiger partial charge in [0.15, 0.2) is 5.96 Å². The van der Waals surface area contributed by atoms with Crippen molar-refractivity contribution in [1.82, 2.24) is 10.6 Å². The molecule has 0 aromatic heterocycles. The number of rotatable bonds is 5. The van der Waals surface area contributed by atoms with E-state index in [0.717, 1.165) is 51.5 Å². The van der Waals surface area contributed by atoms with Gasteiger partial charge in [-0.25, -0.2) is 0 Å². The lowest BCUT2D eigenvalue weighted by Crippen LogP contribution is -2.43. The van der Waals surface area contributed by atoms with E-state index in [1.807, 2.05) is 0 Å². The second-order valence-electron chi connectivity index (χ2n) is 5.97. The van der Waals surface area contributed by atoms with E-state index in [1.165, 1.54) is 12.8 Å². The van der Waals surface area contributed by atoms with Crippen LogP contribution in [0.1, 0.15) is 46.0 Å². The second-order valence-corrected chi connectivity index (χ2v) is 5.97. The molecule has 2 unspecified atom stereocenters. The predicted octanol–water partition coefficient (Wildman–Crippen LogP) is 2.30. The molecule has 2 aliphatic heterocycles. The van der Waals surface area contributed by atoms with Gasteiger partial charge in [0.1, 0.15) is 0 Å². The van der Waals surface area contributed by atoms with E-state index in [0.29, 0.717) is 12.6 Å². The Balaban J connectivity index is 0.00000220. The molecule has 0 spiro atoms. The van der Waals surface area contributed by atoms with Gasteiger partial charge < -0.3 is 20.1 Å². The Labute approximate surface area is 145 Å². The van der Waals surface area contributed by atoms with Crippen molar-refractivity contribution in [2.45, 2.75) is 57.7 Å². The van der Waals surface area contributed by atoms with Crippen LogP contribution in [0.5, 0.6) is 0 Å². The molecule has 2 fully saturated rings. The molecule has 2 saturated heterocycles. The van der Waals surface area contributed by atoms with Crippen LogP contribution in [0.3, 0.4) is 0 Å². The zero-order chi connectivity index (χ0) is 14.3. The maximum atomic E-state index is 5.78. The van der Waals surface area contributed by atoms with Crippen molar-refractivity contribution in [2.75, 3.05) is 32.8 Å². The van der Waals surface area contributed by atoms with Gasteiger partial charge in [-0.15, -0.1) is 24.0 Å². The van der Waals surface area contributed by atoms with Crippen LogP contribution in [-0.2, 0) is 9.47 Å². The number of guanidine groups is 1. The van der Waals surface area contributed by atoms with Crippen molar-refractivity contribution >= 4 is 29.9 Å². The molecule has 2 N–H and O–H groups in total. The van der Waals surface area contributed by atoms with Crippen LogP contribution in [0.2, 0.25) is 0 Å². The number of halogens is 1. The molecule has 5 nitrogen and oxygen atoms in total. The summed E-state index contributed by atoms with van der Waals surface area (Å²) in [7, 11) is 0. The highest BCUT2D eigenvalue weighted by molar-refractivity contribution is 14.0. The van der Waals surface area contributed by atoms with Gasteiger partial charge in [0.2, 0.25) is 0 Å². The molecule has 0 bridgehead atoms. The topological polar surface area (TPSA) is 54.9 Å². The molecule has 2 aliphatic rings. The first-order valence-corrected chi connectivity index (χ1v) is 7.99. The smallest absolute Gasteiger partial charge is 0.191 e.